The maximum atomic E-state index is 5.92. The van der Waals surface area contributed by atoms with E-state index >= 15 is 0 Å². The van der Waals surface area contributed by atoms with Gasteiger partial charge in [0.2, 0.25) is 17.2 Å². The van der Waals surface area contributed by atoms with Crippen LogP contribution in [0.3, 0.4) is 0 Å². The summed E-state index contributed by atoms with van der Waals surface area (Å²) in [6.45, 7) is 4.75. The Balaban J connectivity index is 2.35. The van der Waals surface area contributed by atoms with Crippen LogP contribution in [0.15, 0.2) is 24.3 Å². The van der Waals surface area contributed by atoms with Crippen molar-refractivity contribution in [3.8, 4) is 0 Å². The van der Waals surface area contributed by atoms with Gasteiger partial charge in [-0.1, -0.05) is 12.1 Å². The van der Waals surface area contributed by atoms with Crippen LogP contribution in [0.2, 0.25) is 5.28 Å². The van der Waals surface area contributed by atoms with Crippen LogP contribution in [0, 0.1) is 6.92 Å². The summed E-state index contributed by atoms with van der Waals surface area (Å²) in [5.41, 5.74) is 2.18. The lowest BCUT2D eigenvalue weighted by Crippen LogP contribution is -2.15. The first-order valence-electron chi connectivity index (χ1n) is 6.06. The Hall–Kier alpha value is -1.88. The molecule has 0 aliphatic rings. The van der Waals surface area contributed by atoms with Crippen molar-refractivity contribution in [3.05, 3.63) is 35.1 Å². The van der Waals surface area contributed by atoms with E-state index in [-0.39, 0.29) is 5.28 Å². The number of hydrogen-bond donors (Lipinski definition) is 1. The van der Waals surface area contributed by atoms with E-state index < -0.39 is 0 Å². The lowest BCUT2D eigenvalue weighted by atomic mass is 10.2. The maximum absolute atomic E-state index is 5.92. The van der Waals surface area contributed by atoms with E-state index in [4.69, 9.17) is 11.6 Å². The molecule has 2 rings (SSSR count). The zero-order chi connectivity index (χ0) is 13.8. The van der Waals surface area contributed by atoms with Crippen LogP contribution in [0.1, 0.15) is 12.5 Å². The molecule has 0 aliphatic carbocycles. The van der Waals surface area contributed by atoms with Gasteiger partial charge in [-0.3, -0.25) is 0 Å². The number of anilines is 3. The van der Waals surface area contributed by atoms with E-state index in [2.05, 4.69) is 26.3 Å². The molecule has 0 unspecified atom stereocenters. The lowest BCUT2D eigenvalue weighted by molar-refractivity contribution is 0.972. The smallest absolute Gasteiger partial charge is 0.235 e. The summed E-state index contributed by atoms with van der Waals surface area (Å²) in [5, 5.41) is 3.21. The molecule has 19 heavy (non-hydrogen) atoms. The van der Waals surface area contributed by atoms with Crippen LogP contribution in [0.5, 0.6) is 0 Å². The number of rotatable bonds is 4. The summed E-state index contributed by atoms with van der Waals surface area (Å²) in [6.07, 6.45) is 0. The van der Waals surface area contributed by atoms with Crippen molar-refractivity contribution in [2.75, 3.05) is 23.8 Å². The molecule has 1 heterocycles. The summed E-state index contributed by atoms with van der Waals surface area (Å²) < 4.78 is 0. The Kier molecular flexibility index (Phi) is 4.16. The van der Waals surface area contributed by atoms with Crippen LogP contribution >= 0.6 is 11.6 Å². The van der Waals surface area contributed by atoms with E-state index in [1.807, 2.05) is 44.0 Å². The second kappa shape index (κ2) is 5.84. The highest BCUT2D eigenvalue weighted by atomic mass is 35.5. The number of benzene rings is 1. The summed E-state index contributed by atoms with van der Waals surface area (Å²) in [5.74, 6) is 0.999. The minimum Gasteiger partial charge on any atom is -0.354 e. The summed E-state index contributed by atoms with van der Waals surface area (Å²) >= 11 is 5.92. The van der Waals surface area contributed by atoms with Gasteiger partial charge in [0, 0.05) is 19.3 Å². The molecule has 0 saturated carbocycles. The highest BCUT2D eigenvalue weighted by Gasteiger charge is 2.10. The number of halogens is 1. The normalized spacial score (nSPS) is 10.3. The fourth-order valence-corrected chi connectivity index (χ4v) is 1.83. The molecule has 0 atom stereocenters. The topological polar surface area (TPSA) is 53.9 Å². The quantitative estimate of drug-likeness (QED) is 0.931. The van der Waals surface area contributed by atoms with Gasteiger partial charge in [-0.2, -0.15) is 15.0 Å². The van der Waals surface area contributed by atoms with Crippen LogP contribution < -0.4 is 10.2 Å². The molecule has 0 bridgehead atoms. The largest absolute Gasteiger partial charge is 0.354 e. The van der Waals surface area contributed by atoms with Crippen LogP contribution in [0.25, 0.3) is 0 Å². The Morgan fingerprint density at radius 1 is 1.26 bits per heavy atom. The molecule has 0 amide bonds. The molecular weight excluding hydrogens is 262 g/mol. The number of hydrogen-bond acceptors (Lipinski definition) is 5. The first kappa shape index (κ1) is 13.5. The Morgan fingerprint density at radius 3 is 2.74 bits per heavy atom. The Labute approximate surface area is 117 Å². The van der Waals surface area contributed by atoms with Crippen molar-refractivity contribution in [2.24, 2.45) is 0 Å². The van der Waals surface area contributed by atoms with Gasteiger partial charge in [0.05, 0.1) is 0 Å². The van der Waals surface area contributed by atoms with E-state index in [9.17, 15) is 0 Å². The molecule has 6 heteroatoms. The molecule has 2 aromatic rings. The number of nitrogens with zero attached hydrogens (tertiary/aromatic N) is 4. The van der Waals surface area contributed by atoms with Crippen molar-refractivity contribution in [3.63, 3.8) is 0 Å². The molecule has 0 aliphatic heterocycles. The highest BCUT2D eigenvalue weighted by Crippen LogP contribution is 2.22. The fraction of sp³-hybridized carbons (Fsp3) is 0.308. The second-order valence-electron chi connectivity index (χ2n) is 4.16. The number of aromatic nitrogens is 3. The first-order valence-corrected chi connectivity index (χ1v) is 6.44. The van der Waals surface area contributed by atoms with Gasteiger partial charge in [0.15, 0.2) is 0 Å². The number of nitrogens with one attached hydrogen (secondary N) is 1. The van der Waals surface area contributed by atoms with E-state index in [1.165, 1.54) is 5.56 Å². The molecule has 1 aromatic carbocycles. The van der Waals surface area contributed by atoms with E-state index in [0.717, 1.165) is 12.2 Å². The maximum Gasteiger partial charge on any atom is 0.235 e. The Bertz CT molecular complexity index is 573. The van der Waals surface area contributed by atoms with Crippen molar-refractivity contribution < 1.29 is 0 Å². The third-order valence-electron chi connectivity index (χ3n) is 2.62. The molecule has 100 valence electrons. The monoisotopic (exact) mass is 277 g/mol. The molecule has 1 N–H and O–H groups in total. The predicted molar refractivity (Wildman–Crippen MR) is 78.2 cm³/mol. The summed E-state index contributed by atoms with van der Waals surface area (Å²) in [7, 11) is 1.90. The van der Waals surface area contributed by atoms with Crippen LogP contribution in [-0.2, 0) is 0 Å². The van der Waals surface area contributed by atoms with E-state index in [0.29, 0.717) is 11.9 Å². The average molecular weight is 278 g/mol. The zero-order valence-electron chi connectivity index (χ0n) is 11.2. The standard InChI is InChI=1S/C13H16ClN5/c1-4-15-12-16-11(14)17-13(18-12)19(3)10-7-5-6-9(2)8-10/h5-8H,4H2,1-3H3,(H,15,16,17,18). The molecule has 5 nitrogen and oxygen atoms in total. The molecule has 1 aromatic heterocycles. The first-order chi connectivity index (χ1) is 9.10. The third-order valence-corrected chi connectivity index (χ3v) is 2.79. The van der Waals surface area contributed by atoms with Crippen LogP contribution in [0.4, 0.5) is 17.6 Å². The van der Waals surface area contributed by atoms with Crippen molar-refractivity contribution >= 4 is 29.2 Å². The minimum absolute atomic E-state index is 0.181. The molecule has 0 radical (unpaired) electrons. The molecular formula is C13H16ClN5. The van der Waals surface area contributed by atoms with E-state index in [1.54, 1.807) is 0 Å². The van der Waals surface area contributed by atoms with Gasteiger partial charge in [-0.15, -0.1) is 0 Å². The van der Waals surface area contributed by atoms with Gasteiger partial charge in [-0.05, 0) is 43.1 Å². The zero-order valence-corrected chi connectivity index (χ0v) is 11.9. The molecule has 0 saturated heterocycles. The van der Waals surface area contributed by atoms with Gasteiger partial charge < -0.3 is 10.2 Å². The summed E-state index contributed by atoms with van der Waals surface area (Å²) in [4.78, 5) is 14.4. The Morgan fingerprint density at radius 2 is 2.05 bits per heavy atom. The van der Waals surface area contributed by atoms with Gasteiger partial charge >= 0.3 is 0 Å². The predicted octanol–water partition coefficient (Wildman–Crippen LogP) is 3.03. The molecule has 0 spiro atoms. The average Bonchev–Trinajstić information content (AvgIpc) is 2.37. The SMILES string of the molecule is CCNc1nc(Cl)nc(N(C)c2cccc(C)c2)n1. The highest BCUT2D eigenvalue weighted by molar-refractivity contribution is 6.28. The summed E-state index contributed by atoms with van der Waals surface area (Å²) in [6, 6.07) is 8.10. The van der Waals surface area contributed by atoms with Crippen molar-refractivity contribution in [1.82, 2.24) is 15.0 Å². The number of aryl methyl sites for hydroxylation is 1. The van der Waals surface area contributed by atoms with Gasteiger partial charge in [0.25, 0.3) is 0 Å². The van der Waals surface area contributed by atoms with Crippen molar-refractivity contribution in [1.29, 1.82) is 0 Å². The fourth-order valence-electron chi connectivity index (χ4n) is 1.68. The van der Waals surface area contributed by atoms with Gasteiger partial charge in [0.1, 0.15) is 0 Å². The van der Waals surface area contributed by atoms with Crippen molar-refractivity contribution in [2.45, 2.75) is 13.8 Å². The lowest BCUT2D eigenvalue weighted by Gasteiger charge is -2.18. The minimum atomic E-state index is 0.181. The van der Waals surface area contributed by atoms with Crippen LogP contribution in [-0.4, -0.2) is 28.5 Å². The second-order valence-corrected chi connectivity index (χ2v) is 4.49. The third kappa shape index (κ3) is 3.32. The molecule has 0 fully saturated rings. The van der Waals surface area contributed by atoms with Gasteiger partial charge in [-0.25, -0.2) is 0 Å².